The summed E-state index contributed by atoms with van der Waals surface area (Å²) in [7, 11) is 0. The number of aromatic nitrogens is 1. The molecule has 7 nitrogen and oxygen atoms in total. The summed E-state index contributed by atoms with van der Waals surface area (Å²) in [5.74, 6) is -0.383. The topological polar surface area (TPSA) is 92.2 Å². The minimum atomic E-state index is -0.189. The Kier molecular flexibility index (Phi) is 5.99. The van der Waals surface area contributed by atoms with Gasteiger partial charge in [0.25, 0.3) is 11.8 Å². The van der Waals surface area contributed by atoms with Gasteiger partial charge in [0, 0.05) is 41.2 Å². The number of amides is 3. The Morgan fingerprint density at radius 2 is 1.91 bits per heavy atom. The molecule has 0 fully saturated rings. The summed E-state index contributed by atoms with van der Waals surface area (Å²) in [6, 6.07) is 14.7. The van der Waals surface area contributed by atoms with E-state index in [1.807, 2.05) is 61.7 Å². The predicted octanol–water partition coefficient (Wildman–Crippen LogP) is 3.79. The van der Waals surface area contributed by atoms with E-state index in [1.165, 1.54) is 0 Å². The second kappa shape index (κ2) is 8.86. The van der Waals surface area contributed by atoms with Gasteiger partial charge in [0.1, 0.15) is 5.69 Å². The van der Waals surface area contributed by atoms with Gasteiger partial charge in [0.2, 0.25) is 5.91 Å². The lowest BCUT2D eigenvalue weighted by molar-refractivity contribution is -0.122. The van der Waals surface area contributed by atoms with Crippen LogP contribution in [0.15, 0.2) is 48.5 Å². The van der Waals surface area contributed by atoms with Crippen molar-refractivity contribution in [3.05, 3.63) is 65.4 Å². The molecule has 1 aliphatic heterocycles. The minimum absolute atomic E-state index is 0.0321. The average molecular weight is 433 g/mol. The van der Waals surface area contributed by atoms with Gasteiger partial charge in [-0.3, -0.25) is 14.4 Å². The first-order valence-corrected chi connectivity index (χ1v) is 11.0. The van der Waals surface area contributed by atoms with Crippen molar-refractivity contribution in [3.8, 4) is 0 Å². The van der Waals surface area contributed by atoms with E-state index in [1.54, 1.807) is 12.1 Å². The number of hydrogen-bond donors (Lipinski definition) is 3. The molecule has 3 N–H and O–H groups in total. The van der Waals surface area contributed by atoms with Crippen LogP contribution >= 0.6 is 0 Å². The maximum absolute atomic E-state index is 12.6. The van der Waals surface area contributed by atoms with Crippen LogP contribution in [0.5, 0.6) is 0 Å². The number of rotatable bonds is 6. The summed E-state index contributed by atoms with van der Waals surface area (Å²) < 4.78 is 1.94. The predicted molar refractivity (Wildman–Crippen MR) is 125 cm³/mol. The lowest BCUT2D eigenvalue weighted by Crippen LogP contribution is -2.41. The maximum atomic E-state index is 12.6. The Labute approximate surface area is 187 Å². The highest BCUT2D eigenvalue weighted by atomic mass is 16.2. The summed E-state index contributed by atoms with van der Waals surface area (Å²) in [6.07, 6.45) is 1.15. The first-order valence-electron chi connectivity index (χ1n) is 11.0. The number of carbonyl (C=O) groups is 3. The van der Waals surface area contributed by atoms with Gasteiger partial charge >= 0.3 is 0 Å². The Bertz CT molecular complexity index is 1180. The van der Waals surface area contributed by atoms with Gasteiger partial charge < -0.3 is 20.5 Å². The molecular weight excluding hydrogens is 404 g/mol. The Hall–Kier alpha value is -3.61. The number of nitrogens with zero attached hydrogens (tertiary/aromatic N) is 1. The zero-order valence-corrected chi connectivity index (χ0v) is 18.6. The summed E-state index contributed by atoms with van der Waals surface area (Å²) >= 11 is 0. The first kappa shape index (κ1) is 21.6. The molecule has 2 unspecified atom stereocenters. The van der Waals surface area contributed by atoms with E-state index < -0.39 is 0 Å². The molecule has 2 aromatic carbocycles. The molecule has 2 atom stereocenters. The van der Waals surface area contributed by atoms with E-state index in [4.69, 9.17) is 0 Å². The number of benzene rings is 2. The van der Waals surface area contributed by atoms with E-state index in [-0.39, 0.29) is 36.2 Å². The molecule has 3 amide bonds. The van der Waals surface area contributed by atoms with Gasteiger partial charge in [-0.15, -0.1) is 0 Å². The van der Waals surface area contributed by atoms with Crippen molar-refractivity contribution in [3.63, 3.8) is 0 Å². The van der Waals surface area contributed by atoms with Crippen molar-refractivity contribution in [2.75, 3.05) is 11.9 Å². The van der Waals surface area contributed by atoms with Gasteiger partial charge in [0.15, 0.2) is 0 Å². The van der Waals surface area contributed by atoms with Crippen LogP contribution in [-0.4, -0.2) is 34.9 Å². The molecule has 7 heteroatoms. The van der Waals surface area contributed by atoms with Crippen LogP contribution in [0.4, 0.5) is 5.69 Å². The summed E-state index contributed by atoms with van der Waals surface area (Å²) in [5, 5.41) is 9.64. The Morgan fingerprint density at radius 1 is 1.16 bits per heavy atom. The quantitative estimate of drug-likeness (QED) is 0.553. The largest absolute Gasteiger partial charge is 0.354 e. The van der Waals surface area contributed by atoms with Crippen LogP contribution in [0.3, 0.4) is 0 Å². The summed E-state index contributed by atoms with van der Waals surface area (Å²) in [6.45, 7) is 6.37. The summed E-state index contributed by atoms with van der Waals surface area (Å²) in [5.41, 5.74) is 3.71. The third-order valence-electron chi connectivity index (χ3n) is 5.95. The van der Waals surface area contributed by atoms with Crippen molar-refractivity contribution in [2.24, 2.45) is 0 Å². The van der Waals surface area contributed by atoms with Crippen LogP contribution in [0.25, 0.3) is 10.9 Å². The van der Waals surface area contributed by atoms with E-state index in [0.29, 0.717) is 23.5 Å². The van der Waals surface area contributed by atoms with Gasteiger partial charge in [-0.25, -0.2) is 0 Å². The number of nitrogens with one attached hydrogen (secondary N) is 3. The number of carbonyl (C=O) groups excluding carboxylic acids is 3. The van der Waals surface area contributed by atoms with Gasteiger partial charge in [-0.1, -0.05) is 24.6 Å². The monoisotopic (exact) mass is 432 g/mol. The second-order valence-corrected chi connectivity index (χ2v) is 8.44. The molecule has 0 radical (unpaired) electrons. The van der Waals surface area contributed by atoms with Gasteiger partial charge in [-0.2, -0.15) is 0 Å². The number of aryl methyl sites for hydroxylation is 1. The smallest absolute Gasteiger partial charge is 0.268 e. The highest BCUT2D eigenvalue weighted by Gasteiger charge is 2.29. The van der Waals surface area contributed by atoms with Crippen molar-refractivity contribution in [2.45, 2.75) is 45.7 Å². The molecular formula is C25H28N4O3. The fourth-order valence-corrected chi connectivity index (χ4v) is 4.00. The molecule has 0 aliphatic carbocycles. The molecule has 2 heterocycles. The van der Waals surface area contributed by atoms with Crippen molar-refractivity contribution >= 4 is 34.3 Å². The zero-order chi connectivity index (χ0) is 22.8. The molecule has 1 aliphatic rings. The van der Waals surface area contributed by atoms with E-state index in [0.717, 1.165) is 22.9 Å². The highest BCUT2D eigenvalue weighted by molar-refractivity contribution is 6.06. The van der Waals surface area contributed by atoms with Gasteiger partial charge in [0.05, 0.1) is 6.04 Å². The van der Waals surface area contributed by atoms with Crippen LogP contribution in [0.2, 0.25) is 0 Å². The molecule has 166 valence electrons. The van der Waals surface area contributed by atoms with Crippen molar-refractivity contribution < 1.29 is 14.4 Å². The van der Waals surface area contributed by atoms with Crippen molar-refractivity contribution in [1.29, 1.82) is 0 Å². The number of anilines is 1. The zero-order valence-electron chi connectivity index (χ0n) is 18.6. The molecule has 4 rings (SSSR count). The number of fused-ring (bicyclic) bond motifs is 3. The summed E-state index contributed by atoms with van der Waals surface area (Å²) in [4.78, 5) is 37.5. The highest BCUT2D eigenvalue weighted by Crippen LogP contribution is 2.30. The van der Waals surface area contributed by atoms with Crippen molar-refractivity contribution in [1.82, 2.24) is 15.2 Å². The Balaban J connectivity index is 1.59. The van der Waals surface area contributed by atoms with Crippen LogP contribution in [0, 0.1) is 6.92 Å². The molecule has 32 heavy (non-hydrogen) atoms. The number of hydrogen-bond acceptors (Lipinski definition) is 3. The fourth-order valence-electron chi connectivity index (χ4n) is 4.00. The normalized spacial score (nSPS) is 16.2. The second-order valence-electron chi connectivity index (χ2n) is 8.44. The van der Waals surface area contributed by atoms with Gasteiger partial charge in [-0.05, 0) is 56.7 Å². The average Bonchev–Trinajstić information content (AvgIpc) is 3.16. The van der Waals surface area contributed by atoms with E-state index >= 15 is 0 Å². The molecule has 0 bridgehead atoms. The molecule has 0 saturated carbocycles. The van der Waals surface area contributed by atoms with E-state index in [2.05, 4.69) is 16.0 Å². The third-order valence-corrected chi connectivity index (χ3v) is 5.95. The standard InChI is InChI=1S/C25H28N4O3/c1-4-16(3)27-23(30)13-20-14-26-25(32)22-12-18-11-19(9-10-21(18)29(20)22)28-24(31)17-7-5-15(2)6-8-17/h5-12,16,20H,4,13-14H2,1-3H3,(H,26,32)(H,27,30)(H,28,31). The molecule has 1 aromatic heterocycles. The van der Waals surface area contributed by atoms with E-state index in [9.17, 15) is 14.4 Å². The molecule has 0 spiro atoms. The maximum Gasteiger partial charge on any atom is 0.268 e. The first-order chi connectivity index (χ1) is 15.4. The lowest BCUT2D eigenvalue weighted by Gasteiger charge is -2.27. The Morgan fingerprint density at radius 3 is 2.62 bits per heavy atom. The third kappa shape index (κ3) is 4.37. The minimum Gasteiger partial charge on any atom is -0.354 e. The van der Waals surface area contributed by atoms with Crippen LogP contribution in [-0.2, 0) is 4.79 Å². The fraction of sp³-hybridized carbons (Fsp3) is 0.320. The lowest BCUT2D eigenvalue weighted by atomic mass is 10.1. The van der Waals surface area contributed by atoms with Crippen LogP contribution in [0.1, 0.15) is 59.1 Å². The molecule has 0 saturated heterocycles. The SMILES string of the molecule is CCC(C)NC(=O)CC1CNC(=O)c2cc3cc(NC(=O)c4ccc(C)cc4)ccc3n21. The van der Waals surface area contributed by atoms with Crippen LogP contribution < -0.4 is 16.0 Å². The molecule has 3 aromatic rings.